The molecule has 0 radical (unpaired) electrons. The van der Waals surface area contributed by atoms with E-state index in [0.29, 0.717) is 5.91 Å². The molecule has 3 rings (SSSR count). The van der Waals surface area contributed by atoms with E-state index in [4.69, 9.17) is 0 Å². The molecule has 144 valence electrons. The summed E-state index contributed by atoms with van der Waals surface area (Å²) in [6, 6.07) is 19.5. The number of halogens is 1. The predicted molar refractivity (Wildman–Crippen MR) is 115 cm³/mol. The molecular formula is C23H29BrN2O. The Balaban J connectivity index is 1.75. The molecule has 3 nitrogen and oxygen atoms in total. The summed E-state index contributed by atoms with van der Waals surface area (Å²) in [5, 5.41) is 0. The van der Waals surface area contributed by atoms with E-state index < -0.39 is 0 Å². The molecule has 1 fully saturated rings. The number of nitrogens with zero attached hydrogens (tertiary/aromatic N) is 2. The smallest absolute Gasteiger partial charge is 0.225 e. The van der Waals surface area contributed by atoms with Crippen molar-refractivity contribution in [3.63, 3.8) is 0 Å². The normalized spacial score (nSPS) is 17.5. The molecule has 2 atom stereocenters. The van der Waals surface area contributed by atoms with Gasteiger partial charge in [0.15, 0.2) is 0 Å². The van der Waals surface area contributed by atoms with Crippen molar-refractivity contribution in [2.75, 3.05) is 26.2 Å². The van der Waals surface area contributed by atoms with Crippen LogP contribution in [0.3, 0.4) is 0 Å². The predicted octanol–water partition coefficient (Wildman–Crippen LogP) is 5.12. The summed E-state index contributed by atoms with van der Waals surface area (Å²) in [5.41, 5.74) is 2.60. The fraction of sp³-hybridized carbons (Fsp3) is 0.435. The maximum Gasteiger partial charge on any atom is 0.225 e. The van der Waals surface area contributed by atoms with Gasteiger partial charge in [0.2, 0.25) is 5.91 Å². The summed E-state index contributed by atoms with van der Waals surface area (Å²) in [6.07, 6.45) is 2.04. The first-order valence-corrected chi connectivity index (χ1v) is 10.7. The summed E-state index contributed by atoms with van der Waals surface area (Å²) in [6.45, 7) is 7.64. The van der Waals surface area contributed by atoms with Gasteiger partial charge in [0.05, 0.1) is 6.04 Å². The molecule has 0 bridgehead atoms. The molecule has 2 aromatic rings. The van der Waals surface area contributed by atoms with Crippen LogP contribution < -0.4 is 0 Å². The lowest BCUT2D eigenvalue weighted by atomic mass is 9.96. The van der Waals surface area contributed by atoms with Crippen molar-refractivity contribution in [3.8, 4) is 0 Å². The van der Waals surface area contributed by atoms with Crippen LogP contribution in [0.2, 0.25) is 0 Å². The highest BCUT2D eigenvalue weighted by atomic mass is 79.9. The first kappa shape index (κ1) is 20.1. The average Bonchev–Trinajstić information content (AvgIpc) is 2.71. The van der Waals surface area contributed by atoms with Crippen molar-refractivity contribution in [2.45, 2.75) is 32.7 Å². The van der Waals surface area contributed by atoms with E-state index in [9.17, 15) is 4.79 Å². The molecule has 0 N–H and O–H groups in total. The lowest BCUT2D eigenvalue weighted by molar-refractivity contribution is -0.137. The summed E-state index contributed by atoms with van der Waals surface area (Å²) in [7, 11) is 0. The second-order valence-electron chi connectivity index (χ2n) is 7.42. The maximum absolute atomic E-state index is 12.6. The van der Waals surface area contributed by atoms with Gasteiger partial charge < -0.3 is 4.90 Å². The van der Waals surface area contributed by atoms with Crippen LogP contribution in [0.5, 0.6) is 0 Å². The largest absolute Gasteiger partial charge is 0.340 e. The van der Waals surface area contributed by atoms with E-state index in [0.717, 1.165) is 43.5 Å². The first-order chi connectivity index (χ1) is 13.1. The van der Waals surface area contributed by atoms with E-state index >= 15 is 0 Å². The molecule has 0 unspecified atom stereocenters. The summed E-state index contributed by atoms with van der Waals surface area (Å²) in [5.74, 6) is 0.453. The van der Waals surface area contributed by atoms with Crippen molar-refractivity contribution >= 4 is 21.8 Å². The van der Waals surface area contributed by atoms with Crippen molar-refractivity contribution in [2.24, 2.45) is 5.92 Å². The third-order valence-electron chi connectivity index (χ3n) is 5.44. The maximum atomic E-state index is 12.6. The van der Waals surface area contributed by atoms with Crippen LogP contribution in [0.25, 0.3) is 0 Å². The zero-order valence-corrected chi connectivity index (χ0v) is 17.9. The quantitative estimate of drug-likeness (QED) is 0.637. The lowest BCUT2D eigenvalue weighted by Gasteiger charge is -2.40. The fourth-order valence-electron chi connectivity index (χ4n) is 3.96. The van der Waals surface area contributed by atoms with Crippen molar-refractivity contribution < 1.29 is 4.79 Å². The molecule has 4 heteroatoms. The van der Waals surface area contributed by atoms with Gasteiger partial charge in [0.25, 0.3) is 0 Å². The highest BCUT2D eigenvalue weighted by Gasteiger charge is 2.29. The number of carbonyl (C=O) groups excluding carboxylic acids is 1. The number of amides is 1. The number of benzene rings is 2. The fourth-order valence-corrected chi connectivity index (χ4v) is 4.23. The molecule has 0 aliphatic carbocycles. The van der Waals surface area contributed by atoms with E-state index in [-0.39, 0.29) is 12.0 Å². The number of hydrogen-bond acceptors (Lipinski definition) is 2. The number of piperazine rings is 1. The highest BCUT2D eigenvalue weighted by Crippen LogP contribution is 2.30. The third-order valence-corrected chi connectivity index (χ3v) is 5.96. The second kappa shape index (κ2) is 9.52. The zero-order valence-electron chi connectivity index (χ0n) is 16.3. The van der Waals surface area contributed by atoms with Gasteiger partial charge in [-0.05, 0) is 29.7 Å². The number of rotatable bonds is 6. The van der Waals surface area contributed by atoms with Crippen molar-refractivity contribution in [1.29, 1.82) is 0 Å². The van der Waals surface area contributed by atoms with Crippen LogP contribution in [0.1, 0.15) is 43.9 Å². The monoisotopic (exact) mass is 428 g/mol. The van der Waals surface area contributed by atoms with Crippen LogP contribution in [0, 0.1) is 5.92 Å². The van der Waals surface area contributed by atoms with Crippen molar-refractivity contribution in [1.82, 2.24) is 9.80 Å². The summed E-state index contributed by atoms with van der Waals surface area (Å²) in [4.78, 5) is 17.2. The molecule has 2 aromatic carbocycles. The van der Waals surface area contributed by atoms with Crippen LogP contribution in [-0.2, 0) is 4.79 Å². The summed E-state index contributed by atoms with van der Waals surface area (Å²) < 4.78 is 1.10. The molecule has 0 spiro atoms. The average molecular weight is 429 g/mol. The van der Waals surface area contributed by atoms with Gasteiger partial charge in [-0.15, -0.1) is 0 Å². The molecular weight excluding hydrogens is 400 g/mol. The SMILES string of the molecule is CCC[C@@H](C)C(=O)N1CCN([C@@H](c2ccccc2)c2ccc(Br)cc2)CC1. The Morgan fingerprint density at radius 3 is 2.15 bits per heavy atom. The van der Waals surface area contributed by atoms with Crippen LogP contribution in [0.4, 0.5) is 0 Å². The Bertz CT molecular complexity index is 724. The minimum absolute atomic E-state index is 0.137. The zero-order chi connectivity index (χ0) is 19.2. The molecule has 1 aliphatic heterocycles. The van der Waals surface area contributed by atoms with Gasteiger partial charge >= 0.3 is 0 Å². The van der Waals surface area contributed by atoms with Gasteiger partial charge in [0.1, 0.15) is 0 Å². The molecule has 1 heterocycles. The molecule has 0 aromatic heterocycles. The first-order valence-electron chi connectivity index (χ1n) is 9.93. The minimum atomic E-state index is 0.137. The van der Waals surface area contributed by atoms with E-state index in [2.05, 4.69) is 94.2 Å². The van der Waals surface area contributed by atoms with Crippen molar-refractivity contribution in [3.05, 3.63) is 70.2 Å². The van der Waals surface area contributed by atoms with Crippen LogP contribution in [0.15, 0.2) is 59.1 Å². The Morgan fingerprint density at radius 2 is 1.56 bits per heavy atom. The van der Waals surface area contributed by atoms with Gasteiger partial charge in [-0.2, -0.15) is 0 Å². The van der Waals surface area contributed by atoms with Gasteiger partial charge in [-0.1, -0.05) is 78.7 Å². The minimum Gasteiger partial charge on any atom is -0.340 e. The van der Waals surface area contributed by atoms with E-state index in [1.165, 1.54) is 11.1 Å². The highest BCUT2D eigenvalue weighted by molar-refractivity contribution is 9.10. The second-order valence-corrected chi connectivity index (χ2v) is 8.33. The van der Waals surface area contributed by atoms with Crippen LogP contribution >= 0.6 is 15.9 Å². The third kappa shape index (κ3) is 4.99. The van der Waals surface area contributed by atoms with E-state index in [1.54, 1.807) is 0 Å². The lowest BCUT2D eigenvalue weighted by Crippen LogP contribution is -2.51. The Kier molecular flexibility index (Phi) is 7.08. The molecule has 1 aliphatic rings. The Labute approximate surface area is 171 Å². The number of hydrogen-bond donors (Lipinski definition) is 0. The van der Waals surface area contributed by atoms with E-state index in [1.807, 2.05) is 0 Å². The van der Waals surface area contributed by atoms with Gasteiger partial charge in [-0.25, -0.2) is 0 Å². The van der Waals surface area contributed by atoms with Crippen LogP contribution in [-0.4, -0.2) is 41.9 Å². The molecule has 27 heavy (non-hydrogen) atoms. The summed E-state index contributed by atoms with van der Waals surface area (Å²) >= 11 is 3.54. The standard InChI is InChI=1S/C23H29BrN2O/c1-3-7-18(2)23(27)26-16-14-25(15-17-26)22(19-8-5-4-6-9-19)20-10-12-21(24)13-11-20/h4-6,8-13,18,22H,3,7,14-17H2,1-2H3/t18-,22+/m1/s1. The molecule has 0 saturated carbocycles. The number of carbonyl (C=O) groups is 1. The Morgan fingerprint density at radius 1 is 0.963 bits per heavy atom. The molecule has 1 saturated heterocycles. The molecule has 1 amide bonds. The van der Waals surface area contributed by atoms with Gasteiger partial charge in [0, 0.05) is 36.6 Å². The Hall–Kier alpha value is -1.65. The topological polar surface area (TPSA) is 23.6 Å². The van der Waals surface area contributed by atoms with Gasteiger partial charge in [-0.3, -0.25) is 9.69 Å².